The van der Waals surface area contributed by atoms with Gasteiger partial charge in [0.05, 0.1) is 7.11 Å². The highest BCUT2D eigenvalue weighted by Crippen LogP contribution is 2.28. The molecule has 104 valence electrons. The van der Waals surface area contributed by atoms with E-state index < -0.39 is 23.1 Å². The predicted octanol–water partition coefficient (Wildman–Crippen LogP) is 1.21. The van der Waals surface area contributed by atoms with Crippen LogP contribution in [0.3, 0.4) is 0 Å². The third kappa shape index (κ3) is 2.83. The number of ether oxygens (including phenoxy) is 1. The molecule has 1 aromatic carbocycles. The van der Waals surface area contributed by atoms with Crippen molar-refractivity contribution >= 4 is 11.9 Å². The van der Waals surface area contributed by atoms with E-state index in [1.807, 2.05) is 0 Å². The Morgan fingerprint density at radius 3 is 2.58 bits per heavy atom. The van der Waals surface area contributed by atoms with Crippen molar-refractivity contribution in [2.45, 2.75) is 13.3 Å². The molecule has 0 bridgehead atoms. The van der Waals surface area contributed by atoms with Gasteiger partial charge in [-0.15, -0.1) is 0 Å². The lowest BCUT2D eigenvalue weighted by atomic mass is 9.82. The molecule has 19 heavy (non-hydrogen) atoms. The van der Waals surface area contributed by atoms with Crippen molar-refractivity contribution in [3.63, 3.8) is 0 Å². The van der Waals surface area contributed by atoms with Gasteiger partial charge in [0.2, 0.25) is 5.91 Å². The van der Waals surface area contributed by atoms with E-state index in [1.54, 1.807) is 6.07 Å². The summed E-state index contributed by atoms with van der Waals surface area (Å²) in [5.41, 5.74) is -1.62. The molecule has 0 aromatic heterocycles. The summed E-state index contributed by atoms with van der Waals surface area (Å²) >= 11 is 0. The molecule has 0 aliphatic carbocycles. The molecule has 0 spiro atoms. The molecule has 1 amide bonds. The average molecular weight is 269 g/mol. The summed E-state index contributed by atoms with van der Waals surface area (Å²) in [6.45, 7) is 1.26. The largest absolute Gasteiger partial charge is 0.494 e. The lowest BCUT2D eigenvalue weighted by Gasteiger charge is -2.23. The summed E-state index contributed by atoms with van der Waals surface area (Å²) in [6.07, 6.45) is -0.259. The van der Waals surface area contributed by atoms with Gasteiger partial charge in [-0.25, -0.2) is 4.39 Å². The van der Waals surface area contributed by atoms with E-state index in [0.717, 1.165) is 0 Å². The molecule has 2 N–H and O–H groups in total. The number of carboxylic acid groups (broad SMARTS) is 1. The van der Waals surface area contributed by atoms with Crippen LogP contribution >= 0.6 is 0 Å². The number of aliphatic carboxylic acids is 1. The Balaban J connectivity index is 3.18. The fourth-order valence-electron chi connectivity index (χ4n) is 1.76. The fraction of sp³-hybridized carbons (Fsp3) is 0.385. The van der Waals surface area contributed by atoms with Crippen LogP contribution in [0, 0.1) is 11.2 Å². The molecular weight excluding hydrogens is 253 g/mol. The van der Waals surface area contributed by atoms with Gasteiger partial charge in [-0.2, -0.15) is 0 Å². The van der Waals surface area contributed by atoms with Crippen molar-refractivity contribution in [3.8, 4) is 5.75 Å². The zero-order valence-electron chi connectivity index (χ0n) is 11.0. The predicted molar refractivity (Wildman–Crippen MR) is 66.5 cm³/mol. The maximum atomic E-state index is 14.0. The molecule has 0 heterocycles. The van der Waals surface area contributed by atoms with E-state index >= 15 is 0 Å². The Hall–Kier alpha value is -2.11. The maximum Gasteiger partial charge on any atom is 0.319 e. The first-order valence-electron chi connectivity index (χ1n) is 5.63. The lowest BCUT2D eigenvalue weighted by Crippen LogP contribution is -2.44. The zero-order chi connectivity index (χ0) is 14.6. The minimum Gasteiger partial charge on any atom is -0.494 e. The number of benzene rings is 1. The molecule has 0 saturated carbocycles. The van der Waals surface area contributed by atoms with Crippen LogP contribution in [0.4, 0.5) is 4.39 Å². The molecule has 5 nitrogen and oxygen atoms in total. The van der Waals surface area contributed by atoms with Gasteiger partial charge < -0.3 is 15.2 Å². The van der Waals surface area contributed by atoms with E-state index in [4.69, 9.17) is 4.74 Å². The number of rotatable bonds is 5. The summed E-state index contributed by atoms with van der Waals surface area (Å²) in [7, 11) is 2.66. The average Bonchev–Trinajstić information content (AvgIpc) is 2.39. The van der Waals surface area contributed by atoms with E-state index in [1.165, 1.54) is 33.2 Å². The standard InChI is InChI=1S/C13H16FNO4/c1-13(12(17)18,11(16)15-2)7-8-5-4-6-9(19-3)10(8)14/h4-6H,7H2,1-3H3,(H,15,16)(H,17,18). The molecule has 0 aliphatic rings. The van der Waals surface area contributed by atoms with Gasteiger partial charge in [-0.05, 0) is 18.6 Å². The van der Waals surface area contributed by atoms with Gasteiger partial charge in [0.1, 0.15) is 5.41 Å². The Labute approximate surface area is 110 Å². The summed E-state index contributed by atoms with van der Waals surface area (Å²) in [5, 5.41) is 11.5. The van der Waals surface area contributed by atoms with Crippen molar-refractivity contribution < 1.29 is 23.8 Å². The van der Waals surface area contributed by atoms with Crippen molar-refractivity contribution in [3.05, 3.63) is 29.6 Å². The van der Waals surface area contributed by atoms with Crippen molar-refractivity contribution in [2.75, 3.05) is 14.2 Å². The smallest absolute Gasteiger partial charge is 0.319 e. The number of hydrogen-bond acceptors (Lipinski definition) is 3. The molecule has 0 aliphatic heterocycles. The van der Waals surface area contributed by atoms with Crippen molar-refractivity contribution in [1.29, 1.82) is 0 Å². The molecule has 0 saturated heterocycles. The summed E-state index contributed by atoms with van der Waals surface area (Å²) in [6, 6.07) is 4.40. The van der Waals surface area contributed by atoms with Crippen LogP contribution in [-0.2, 0) is 16.0 Å². The number of methoxy groups -OCH3 is 1. The molecule has 1 rings (SSSR count). The van der Waals surface area contributed by atoms with E-state index in [9.17, 15) is 19.1 Å². The highest BCUT2D eigenvalue weighted by Gasteiger charge is 2.41. The third-order valence-electron chi connectivity index (χ3n) is 3.01. The molecule has 1 unspecified atom stereocenters. The number of halogens is 1. The van der Waals surface area contributed by atoms with E-state index in [2.05, 4.69) is 5.32 Å². The SMILES string of the molecule is CNC(=O)C(C)(Cc1cccc(OC)c1F)C(=O)O. The van der Waals surface area contributed by atoms with E-state index in [-0.39, 0.29) is 17.7 Å². The normalized spacial score (nSPS) is 13.5. The Morgan fingerprint density at radius 2 is 2.11 bits per heavy atom. The maximum absolute atomic E-state index is 14.0. The Morgan fingerprint density at radius 1 is 1.47 bits per heavy atom. The second-order valence-electron chi connectivity index (χ2n) is 4.33. The molecule has 0 fully saturated rings. The van der Waals surface area contributed by atoms with Gasteiger partial charge in [-0.1, -0.05) is 12.1 Å². The molecule has 1 atom stereocenters. The third-order valence-corrected chi connectivity index (χ3v) is 3.01. The monoisotopic (exact) mass is 269 g/mol. The van der Waals surface area contributed by atoms with Gasteiger partial charge in [0, 0.05) is 13.5 Å². The summed E-state index contributed by atoms with van der Waals surface area (Å²) in [4.78, 5) is 23.0. The second kappa shape index (κ2) is 5.69. The Kier molecular flexibility index (Phi) is 4.47. The number of nitrogens with one attached hydrogen (secondary N) is 1. The summed E-state index contributed by atoms with van der Waals surface area (Å²) in [5.74, 6) is -2.63. The topological polar surface area (TPSA) is 75.6 Å². The molecule has 1 aromatic rings. The van der Waals surface area contributed by atoms with Crippen molar-refractivity contribution in [2.24, 2.45) is 5.41 Å². The quantitative estimate of drug-likeness (QED) is 0.788. The van der Waals surface area contributed by atoms with Crippen LogP contribution < -0.4 is 10.1 Å². The molecule has 0 radical (unpaired) electrons. The summed E-state index contributed by atoms with van der Waals surface area (Å²) < 4.78 is 18.8. The number of carbonyl (C=O) groups excluding carboxylic acids is 1. The van der Waals surface area contributed by atoms with Crippen LogP contribution in [0.5, 0.6) is 5.75 Å². The van der Waals surface area contributed by atoms with Crippen LogP contribution in [0.25, 0.3) is 0 Å². The number of hydrogen-bond donors (Lipinski definition) is 2. The van der Waals surface area contributed by atoms with Crippen LogP contribution in [0.15, 0.2) is 18.2 Å². The second-order valence-corrected chi connectivity index (χ2v) is 4.33. The minimum atomic E-state index is -1.73. The van der Waals surface area contributed by atoms with Gasteiger partial charge in [0.15, 0.2) is 11.6 Å². The lowest BCUT2D eigenvalue weighted by molar-refractivity contribution is -0.154. The van der Waals surface area contributed by atoms with Crippen LogP contribution in [0.2, 0.25) is 0 Å². The number of carbonyl (C=O) groups is 2. The van der Waals surface area contributed by atoms with Gasteiger partial charge in [-0.3, -0.25) is 9.59 Å². The highest BCUT2D eigenvalue weighted by atomic mass is 19.1. The van der Waals surface area contributed by atoms with E-state index in [0.29, 0.717) is 0 Å². The minimum absolute atomic E-state index is 0.0159. The van der Waals surface area contributed by atoms with Gasteiger partial charge >= 0.3 is 5.97 Å². The molecule has 6 heteroatoms. The first-order valence-corrected chi connectivity index (χ1v) is 5.63. The molecular formula is C13H16FNO4. The number of carboxylic acids is 1. The first kappa shape index (κ1) is 14.9. The van der Waals surface area contributed by atoms with Crippen LogP contribution in [-0.4, -0.2) is 31.1 Å². The van der Waals surface area contributed by atoms with Gasteiger partial charge in [0.25, 0.3) is 0 Å². The Bertz CT molecular complexity index is 503. The van der Waals surface area contributed by atoms with Crippen molar-refractivity contribution in [1.82, 2.24) is 5.32 Å². The first-order chi connectivity index (χ1) is 8.86. The fourth-order valence-corrected chi connectivity index (χ4v) is 1.76. The highest BCUT2D eigenvalue weighted by molar-refractivity contribution is 6.01. The van der Waals surface area contributed by atoms with Crippen LogP contribution in [0.1, 0.15) is 12.5 Å². The zero-order valence-corrected chi connectivity index (χ0v) is 11.0. The number of amides is 1.